The standard InChI is InChI=1S/C13H22S/c1-12(2,3)11(13(4,5)6)10-8-7-9-14-10/h7-9,11H,1-6H3. The molecule has 0 nitrogen and oxygen atoms in total. The molecule has 0 radical (unpaired) electrons. The lowest BCUT2D eigenvalue weighted by Crippen LogP contribution is -2.29. The highest BCUT2D eigenvalue weighted by Crippen LogP contribution is 2.48. The van der Waals surface area contributed by atoms with Gasteiger partial charge in [0.15, 0.2) is 0 Å². The normalized spacial score (nSPS) is 13.6. The van der Waals surface area contributed by atoms with Crippen LogP contribution in [-0.4, -0.2) is 0 Å². The van der Waals surface area contributed by atoms with E-state index in [4.69, 9.17) is 0 Å². The predicted octanol–water partition coefficient (Wildman–Crippen LogP) is 4.92. The van der Waals surface area contributed by atoms with Crippen LogP contribution in [0.5, 0.6) is 0 Å². The van der Waals surface area contributed by atoms with Gasteiger partial charge in [0.1, 0.15) is 0 Å². The van der Waals surface area contributed by atoms with Crippen LogP contribution in [0.4, 0.5) is 0 Å². The molecule has 1 aromatic rings. The van der Waals surface area contributed by atoms with Gasteiger partial charge in [0, 0.05) is 10.8 Å². The van der Waals surface area contributed by atoms with Gasteiger partial charge in [-0.25, -0.2) is 0 Å². The zero-order valence-electron chi connectivity index (χ0n) is 10.2. The van der Waals surface area contributed by atoms with E-state index in [-0.39, 0.29) is 0 Å². The minimum Gasteiger partial charge on any atom is -0.149 e. The molecule has 14 heavy (non-hydrogen) atoms. The molecule has 1 rings (SSSR count). The molecule has 0 aliphatic carbocycles. The molecule has 0 atom stereocenters. The third kappa shape index (κ3) is 2.60. The van der Waals surface area contributed by atoms with Crippen molar-refractivity contribution in [3.05, 3.63) is 22.4 Å². The van der Waals surface area contributed by atoms with Gasteiger partial charge >= 0.3 is 0 Å². The second-order valence-electron chi connectivity index (χ2n) is 6.18. The fraction of sp³-hybridized carbons (Fsp3) is 0.692. The Morgan fingerprint density at radius 3 is 1.79 bits per heavy atom. The zero-order valence-corrected chi connectivity index (χ0v) is 11.0. The van der Waals surface area contributed by atoms with Crippen LogP contribution >= 0.6 is 11.3 Å². The molecule has 0 saturated heterocycles. The first-order valence-corrected chi connectivity index (χ1v) is 6.14. The summed E-state index contributed by atoms with van der Waals surface area (Å²) in [6.07, 6.45) is 0. The zero-order chi connectivity index (χ0) is 11.0. The maximum absolute atomic E-state index is 2.34. The van der Waals surface area contributed by atoms with Gasteiger partial charge in [0.05, 0.1) is 0 Å². The Bertz CT molecular complexity index is 255. The molecule has 1 aromatic heterocycles. The van der Waals surface area contributed by atoms with E-state index in [2.05, 4.69) is 59.1 Å². The van der Waals surface area contributed by atoms with E-state index in [0.29, 0.717) is 16.7 Å². The van der Waals surface area contributed by atoms with Crippen LogP contribution < -0.4 is 0 Å². The average molecular weight is 210 g/mol. The smallest absolute Gasteiger partial charge is 0.00866 e. The lowest BCUT2D eigenvalue weighted by molar-refractivity contribution is 0.179. The summed E-state index contributed by atoms with van der Waals surface area (Å²) in [6.45, 7) is 14.0. The van der Waals surface area contributed by atoms with Crippen molar-refractivity contribution in [1.82, 2.24) is 0 Å². The molecule has 0 fully saturated rings. The van der Waals surface area contributed by atoms with E-state index in [1.807, 2.05) is 11.3 Å². The van der Waals surface area contributed by atoms with Crippen LogP contribution in [0.3, 0.4) is 0 Å². The largest absolute Gasteiger partial charge is 0.149 e. The van der Waals surface area contributed by atoms with Crippen molar-refractivity contribution in [1.29, 1.82) is 0 Å². The maximum Gasteiger partial charge on any atom is 0.00866 e. The third-order valence-electron chi connectivity index (χ3n) is 2.56. The van der Waals surface area contributed by atoms with Crippen LogP contribution in [0.1, 0.15) is 52.3 Å². The predicted molar refractivity (Wildman–Crippen MR) is 66.0 cm³/mol. The lowest BCUT2D eigenvalue weighted by atomic mass is 9.66. The van der Waals surface area contributed by atoms with E-state index in [0.717, 1.165) is 0 Å². The first-order valence-electron chi connectivity index (χ1n) is 5.26. The van der Waals surface area contributed by atoms with E-state index < -0.39 is 0 Å². The molecule has 1 heterocycles. The molecule has 0 aliphatic rings. The summed E-state index contributed by atoms with van der Waals surface area (Å²) in [7, 11) is 0. The van der Waals surface area contributed by atoms with Gasteiger partial charge in [-0.05, 0) is 22.3 Å². The quantitative estimate of drug-likeness (QED) is 0.617. The van der Waals surface area contributed by atoms with Gasteiger partial charge in [-0.1, -0.05) is 47.6 Å². The van der Waals surface area contributed by atoms with Crippen molar-refractivity contribution in [2.24, 2.45) is 10.8 Å². The summed E-state index contributed by atoms with van der Waals surface area (Å²) < 4.78 is 0. The minimum atomic E-state index is 0.336. The van der Waals surface area contributed by atoms with Crippen molar-refractivity contribution in [2.45, 2.75) is 47.5 Å². The minimum absolute atomic E-state index is 0.336. The van der Waals surface area contributed by atoms with E-state index in [1.54, 1.807) is 0 Å². The van der Waals surface area contributed by atoms with Gasteiger partial charge in [-0.2, -0.15) is 0 Å². The van der Waals surface area contributed by atoms with Crippen molar-refractivity contribution in [3.8, 4) is 0 Å². The Labute approximate surface area is 92.4 Å². The highest BCUT2D eigenvalue weighted by molar-refractivity contribution is 7.10. The van der Waals surface area contributed by atoms with Crippen molar-refractivity contribution >= 4 is 11.3 Å². The first-order chi connectivity index (χ1) is 6.23. The molecular weight excluding hydrogens is 188 g/mol. The Morgan fingerprint density at radius 2 is 1.50 bits per heavy atom. The number of hydrogen-bond donors (Lipinski definition) is 0. The number of rotatable bonds is 1. The average Bonchev–Trinajstić information content (AvgIpc) is 2.31. The summed E-state index contributed by atoms with van der Waals surface area (Å²) in [6, 6.07) is 4.43. The summed E-state index contributed by atoms with van der Waals surface area (Å²) in [5, 5.41) is 2.18. The summed E-state index contributed by atoms with van der Waals surface area (Å²) in [4.78, 5) is 1.52. The Morgan fingerprint density at radius 1 is 1.00 bits per heavy atom. The van der Waals surface area contributed by atoms with Crippen LogP contribution in [0.2, 0.25) is 0 Å². The Balaban J connectivity index is 3.08. The Hall–Kier alpha value is -0.300. The molecule has 80 valence electrons. The number of thiophene rings is 1. The van der Waals surface area contributed by atoms with E-state index >= 15 is 0 Å². The fourth-order valence-electron chi connectivity index (χ4n) is 2.61. The molecule has 0 amide bonds. The molecule has 0 saturated carbocycles. The van der Waals surface area contributed by atoms with E-state index in [9.17, 15) is 0 Å². The maximum atomic E-state index is 2.34. The van der Waals surface area contributed by atoms with Crippen LogP contribution in [0.15, 0.2) is 17.5 Å². The second kappa shape index (κ2) is 3.69. The van der Waals surface area contributed by atoms with Crippen molar-refractivity contribution in [3.63, 3.8) is 0 Å². The monoisotopic (exact) mass is 210 g/mol. The molecule has 1 heteroatoms. The molecular formula is C13H22S. The number of hydrogen-bond acceptors (Lipinski definition) is 1. The SMILES string of the molecule is CC(C)(C)C(c1cccs1)C(C)(C)C. The topological polar surface area (TPSA) is 0 Å². The molecule has 0 aromatic carbocycles. The molecule has 0 spiro atoms. The first kappa shape index (κ1) is 11.8. The summed E-state index contributed by atoms with van der Waals surface area (Å²) >= 11 is 1.88. The Kier molecular flexibility index (Phi) is 3.10. The highest BCUT2D eigenvalue weighted by Gasteiger charge is 2.36. The fourth-order valence-corrected chi connectivity index (χ4v) is 3.92. The summed E-state index contributed by atoms with van der Waals surface area (Å²) in [5.74, 6) is 0.634. The summed E-state index contributed by atoms with van der Waals surface area (Å²) in [5.41, 5.74) is 0.673. The van der Waals surface area contributed by atoms with Crippen LogP contribution in [0.25, 0.3) is 0 Å². The van der Waals surface area contributed by atoms with Crippen LogP contribution in [0, 0.1) is 10.8 Å². The lowest BCUT2D eigenvalue weighted by Gasteiger charge is -2.40. The molecule has 0 unspecified atom stereocenters. The highest BCUT2D eigenvalue weighted by atomic mass is 32.1. The van der Waals surface area contributed by atoms with Gasteiger partial charge in [0.2, 0.25) is 0 Å². The second-order valence-corrected chi connectivity index (χ2v) is 7.16. The van der Waals surface area contributed by atoms with Crippen molar-refractivity contribution in [2.75, 3.05) is 0 Å². The molecule has 0 bridgehead atoms. The van der Waals surface area contributed by atoms with Gasteiger partial charge < -0.3 is 0 Å². The molecule has 0 aliphatic heterocycles. The van der Waals surface area contributed by atoms with Gasteiger partial charge in [-0.15, -0.1) is 11.3 Å². The van der Waals surface area contributed by atoms with Crippen LogP contribution in [-0.2, 0) is 0 Å². The van der Waals surface area contributed by atoms with E-state index in [1.165, 1.54) is 4.88 Å². The third-order valence-corrected chi connectivity index (χ3v) is 3.50. The van der Waals surface area contributed by atoms with Gasteiger partial charge in [0.25, 0.3) is 0 Å². The van der Waals surface area contributed by atoms with Gasteiger partial charge in [-0.3, -0.25) is 0 Å². The molecule has 0 N–H and O–H groups in total. The van der Waals surface area contributed by atoms with Crippen molar-refractivity contribution < 1.29 is 0 Å².